The van der Waals surface area contributed by atoms with E-state index >= 15 is 0 Å². The number of benzene rings is 4. The van der Waals surface area contributed by atoms with E-state index in [1.165, 1.54) is 0 Å². The molecule has 4 rings (SSSR count). The van der Waals surface area contributed by atoms with Gasteiger partial charge in [0.1, 0.15) is 22.9 Å². The van der Waals surface area contributed by atoms with Crippen LogP contribution in [0.2, 0.25) is 0 Å². The second kappa shape index (κ2) is 15.7. The van der Waals surface area contributed by atoms with Gasteiger partial charge < -0.3 is 26.0 Å². The summed E-state index contributed by atoms with van der Waals surface area (Å²) in [6, 6.07) is 20.7. The maximum atomic E-state index is 10.4. The third-order valence-corrected chi connectivity index (χ3v) is 4.73. The molecule has 5 N–H and O–H groups in total. The van der Waals surface area contributed by atoms with Gasteiger partial charge in [-0.3, -0.25) is 0 Å². The molecule has 0 heterocycles. The van der Waals surface area contributed by atoms with E-state index in [-0.39, 0.29) is 34.3 Å². The van der Waals surface area contributed by atoms with Gasteiger partial charge in [0.05, 0.1) is 17.1 Å². The minimum Gasteiger partial charge on any atom is -0.507 e. The summed E-state index contributed by atoms with van der Waals surface area (Å²) < 4.78 is 50.7. The number of azo groups is 1. The van der Waals surface area contributed by atoms with Crippen LogP contribution in [0.5, 0.6) is 17.2 Å². The van der Waals surface area contributed by atoms with Crippen molar-refractivity contribution < 1.29 is 57.6 Å². The number of fused-ring (bicyclic) bond motifs is 1. The van der Waals surface area contributed by atoms with E-state index in [1.807, 2.05) is 6.07 Å². The van der Waals surface area contributed by atoms with Gasteiger partial charge in [-0.1, -0.05) is 30.3 Å². The third kappa shape index (κ3) is 9.71. The Morgan fingerprint density at radius 2 is 1.18 bits per heavy atom. The molecule has 0 aliphatic rings. The molecule has 4 aromatic carbocycles. The Balaban J connectivity index is 0.000000748. The monoisotopic (exact) mass is 623 g/mol. The Morgan fingerprint density at radius 1 is 0.615 bits per heavy atom. The fourth-order valence-electron chi connectivity index (χ4n) is 3.18. The Kier molecular flexibility index (Phi) is 13.1. The number of anilines is 3. The van der Waals surface area contributed by atoms with Crippen molar-refractivity contribution >= 4 is 60.4 Å². The van der Waals surface area contributed by atoms with Crippen molar-refractivity contribution in [3.05, 3.63) is 72.8 Å². The second-order valence-corrected chi connectivity index (χ2v) is 7.82. The van der Waals surface area contributed by atoms with Crippen LogP contribution >= 0.6 is 0 Å². The topological polar surface area (TPSA) is 212 Å². The van der Waals surface area contributed by atoms with Crippen molar-refractivity contribution in [2.45, 2.75) is 0 Å². The van der Waals surface area contributed by atoms with Gasteiger partial charge in [-0.15, -0.1) is 35.5 Å². The normalized spacial score (nSPS) is 9.77. The van der Waals surface area contributed by atoms with E-state index in [2.05, 4.69) is 20.9 Å². The number of para-hydroxylation sites is 3. The molecule has 0 unspecified atom stereocenters. The van der Waals surface area contributed by atoms with Gasteiger partial charge in [-0.25, -0.2) is 0 Å². The van der Waals surface area contributed by atoms with Gasteiger partial charge in [-0.05, 0) is 42.5 Å². The third-order valence-electron chi connectivity index (χ3n) is 4.73. The summed E-state index contributed by atoms with van der Waals surface area (Å²) in [5.41, 5.74) is 2.39. The van der Waals surface area contributed by atoms with Crippen molar-refractivity contribution in [3.63, 3.8) is 0 Å². The summed E-state index contributed by atoms with van der Waals surface area (Å²) in [6.07, 6.45) is 0. The maximum absolute atomic E-state index is 10.4. The molecule has 39 heavy (non-hydrogen) atoms. The van der Waals surface area contributed by atoms with Gasteiger partial charge in [0.15, 0.2) is 5.75 Å². The van der Waals surface area contributed by atoms with Gasteiger partial charge in [0.25, 0.3) is 0 Å². The minimum atomic E-state index is -3.11. The molecule has 4 aromatic rings. The van der Waals surface area contributed by atoms with Crippen LogP contribution in [-0.4, -0.2) is 47.6 Å². The molecule has 0 saturated heterocycles. The number of phenols is 3. The summed E-state index contributed by atoms with van der Waals surface area (Å²) in [4.78, 5) is 0. The van der Waals surface area contributed by atoms with Gasteiger partial charge in [0.2, 0.25) is 0 Å². The Morgan fingerprint density at radius 3 is 1.79 bits per heavy atom. The first-order chi connectivity index (χ1) is 18.0. The molecule has 0 spiro atoms. The first-order valence-electron chi connectivity index (χ1n) is 10.3. The average Bonchev–Trinajstić information content (AvgIpc) is 2.85. The molecule has 0 atom stereocenters. The molecule has 13 nitrogen and oxygen atoms in total. The van der Waals surface area contributed by atoms with Crippen LogP contribution in [0.4, 0.5) is 28.4 Å². The molecule has 0 saturated carbocycles. The molecular formula is C23H20CuN4O9S2. The summed E-state index contributed by atoms with van der Waals surface area (Å²) in [7, 11) is -4.52. The Bertz CT molecular complexity index is 1660. The number of phenolic OH excluding ortho intramolecular Hbond substituents is 3. The number of nitrogens with zero attached hydrogens (tertiary/aromatic N) is 2. The van der Waals surface area contributed by atoms with Crippen molar-refractivity contribution in [2.24, 2.45) is 10.2 Å². The quantitative estimate of drug-likeness (QED) is 0.121. The number of hydrogen-bond acceptors (Lipinski definition) is 13. The van der Waals surface area contributed by atoms with Crippen LogP contribution < -0.4 is 10.6 Å². The maximum Gasteiger partial charge on any atom is 0.425 e. The smallest absolute Gasteiger partial charge is 0.425 e. The van der Waals surface area contributed by atoms with Gasteiger partial charge in [0, 0.05) is 34.9 Å². The molecule has 0 fully saturated rings. The molecule has 1 radical (unpaired) electrons. The zero-order valence-electron chi connectivity index (χ0n) is 19.7. The molecular weight excluding hydrogens is 604 g/mol. The molecule has 0 bridgehead atoms. The molecule has 209 valence electrons. The van der Waals surface area contributed by atoms with E-state index < -0.39 is 21.2 Å². The Hall–Kier alpha value is -4.50. The number of rotatable bonds is 5. The van der Waals surface area contributed by atoms with Crippen LogP contribution in [0.1, 0.15) is 0 Å². The van der Waals surface area contributed by atoms with Crippen LogP contribution in [0.15, 0.2) is 83.0 Å². The fraction of sp³-hybridized carbons (Fsp3) is 0.0435. The van der Waals surface area contributed by atoms with E-state index in [0.717, 1.165) is 0 Å². The Labute approximate surface area is 235 Å². The zero-order chi connectivity index (χ0) is 28.2. The van der Waals surface area contributed by atoms with Crippen molar-refractivity contribution in [2.75, 3.05) is 17.7 Å². The number of hydrogen-bond donors (Lipinski definition) is 5. The average molecular weight is 624 g/mol. The van der Waals surface area contributed by atoms with E-state index in [9.17, 15) is 15.3 Å². The predicted molar refractivity (Wildman–Crippen MR) is 138 cm³/mol. The summed E-state index contributed by atoms with van der Waals surface area (Å²) in [5.74, 6) is 0.205. The summed E-state index contributed by atoms with van der Waals surface area (Å²) in [6.45, 7) is 0. The molecule has 0 aliphatic heterocycles. The first kappa shape index (κ1) is 32.5. The second-order valence-electron chi connectivity index (χ2n) is 7.01. The fourth-order valence-corrected chi connectivity index (χ4v) is 3.18. The SMILES string of the molecule is CNc1cccc(N=Nc2c(Nc3ccccc3O)ccc3c(O)cccc23)c1O.O=S(=O)=O.O=S(=O)=O.[Cu]. The van der Waals surface area contributed by atoms with Crippen molar-refractivity contribution in [1.29, 1.82) is 0 Å². The standard InChI is InChI=1S/C23H20N4O3.Cu.2O3S/c1-24-18-8-5-9-19(23(18)30)26-27-22-15-6-4-11-20(28)14(15)12-13-17(22)25-16-7-2-3-10-21(16)29;;2*1-4(2)3/h2-13,24-25,28-30H,1H3;;;. The van der Waals surface area contributed by atoms with Crippen LogP contribution in [0.3, 0.4) is 0 Å². The van der Waals surface area contributed by atoms with Crippen molar-refractivity contribution in [1.82, 2.24) is 0 Å². The zero-order valence-corrected chi connectivity index (χ0v) is 22.3. The molecule has 0 aromatic heterocycles. The van der Waals surface area contributed by atoms with E-state index in [4.69, 9.17) is 25.3 Å². The predicted octanol–water partition coefficient (Wildman–Crippen LogP) is 4.15. The van der Waals surface area contributed by atoms with Gasteiger partial charge in [-0.2, -0.15) is 0 Å². The van der Waals surface area contributed by atoms with E-state index in [0.29, 0.717) is 39.2 Å². The molecule has 0 aliphatic carbocycles. The van der Waals surface area contributed by atoms with Crippen molar-refractivity contribution in [3.8, 4) is 17.2 Å². The van der Waals surface area contributed by atoms with Crippen LogP contribution in [-0.2, 0) is 38.3 Å². The minimum absolute atomic E-state index is 0. The summed E-state index contributed by atoms with van der Waals surface area (Å²) >= 11 is 0. The van der Waals surface area contributed by atoms with E-state index in [1.54, 1.807) is 73.8 Å². The van der Waals surface area contributed by atoms with Gasteiger partial charge >= 0.3 is 21.2 Å². The number of nitrogens with one attached hydrogen (secondary N) is 2. The largest absolute Gasteiger partial charge is 0.507 e. The molecule has 0 amide bonds. The van der Waals surface area contributed by atoms with Crippen LogP contribution in [0.25, 0.3) is 10.8 Å². The van der Waals surface area contributed by atoms with Crippen LogP contribution in [0, 0.1) is 0 Å². The molecule has 16 heteroatoms. The number of aromatic hydroxyl groups is 3. The summed E-state index contributed by atoms with van der Waals surface area (Å²) in [5, 5.41) is 46.7. The first-order valence-corrected chi connectivity index (χ1v) is 12.3.